The highest BCUT2D eigenvalue weighted by molar-refractivity contribution is 5.79. The molecule has 0 rings (SSSR count). The van der Waals surface area contributed by atoms with Crippen LogP contribution >= 0.6 is 0 Å². The Balaban J connectivity index is 4.70. The van der Waals surface area contributed by atoms with Gasteiger partial charge in [0, 0.05) is 0 Å². The molecule has 3 heteroatoms. The van der Waals surface area contributed by atoms with E-state index in [1.165, 1.54) is 6.92 Å². The van der Waals surface area contributed by atoms with E-state index in [1.807, 2.05) is 13.8 Å². The van der Waals surface area contributed by atoms with Crippen LogP contribution in [0.25, 0.3) is 0 Å². The Bertz CT molecular complexity index is 228. The van der Waals surface area contributed by atoms with Gasteiger partial charge >= 0.3 is 5.97 Å². The SMILES string of the molecule is CCC(C)C(OC(=O)C(C)(F)CC)C(C)CC. The van der Waals surface area contributed by atoms with Crippen molar-refractivity contribution in [1.82, 2.24) is 0 Å². The van der Waals surface area contributed by atoms with E-state index in [4.69, 9.17) is 4.74 Å². The summed E-state index contributed by atoms with van der Waals surface area (Å²) in [6, 6.07) is 0. The summed E-state index contributed by atoms with van der Waals surface area (Å²) in [5, 5.41) is 0. The quantitative estimate of drug-likeness (QED) is 0.631. The average Bonchev–Trinajstić information content (AvgIpc) is 2.33. The first-order valence-corrected chi connectivity index (χ1v) is 6.70. The first-order chi connectivity index (χ1) is 7.80. The molecule has 0 aromatic heterocycles. The van der Waals surface area contributed by atoms with Crippen molar-refractivity contribution >= 4 is 5.97 Å². The zero-order chi connectivity index (χ0) is 13.6. The van der Waals surface area contributed by atoms with E-state index in [0.29, 0.717) is 0 Å². The third-order valence-electron chi connectivity index (χ3n) is 3.74. The molecule has 3 unspecified atom stereocenters. The van der Waals surface area contributed by atoms with Gasteiger partial charge in [-0.2, -0.15) is 0 Å². The van der Waals surface area contributed by atoms with Crippen molar-refractivity contribution < 1.29 is 13.9 Å². The minimum absolute atomic E-state index is 0.152. The van der Waals surface area contributed by atoms with Crippen LogP contribution in [0, 0.1) is 11.8 Å². The van der Waals surface area contributed by atoms with Crippen molar-refractivity contribution in [3.63, 3.8) is 0 Å². The standard InChI is InChI=1S/C14H27FO2/c1-7-10(4)12(11(5)8-2)17-13(16)14(6,15)9-3/h10-12H,7-9H2,1-6H3. The molecular weight excluding hydrogens is 219 g/mol. The molecule has 0 fully saturated rings. The van der Waals surface area contributed by atoms with E-state index in [0.717, 1.165) is 12.8 Å². The molecule has 0 heterocycles. The van der Waals surface area contributed by atoms with Crippen LogP contribution in [-0.4, -0.2) is 17.7 Å². The number of ether oxygens (including phenoxy) is 1. The molecule has 0 amide bonds. The summed E-state index contributed by atoms with van der Waals surface area (Å²) in [5.41, 5.74) is -1.86. The van der Waals surface area contributed by atoms with Crippen molar-refractivity contribution in [2.24, 2.45) is 11.8 Å². The maximum atomic E-state index is 13.8. The third-order valence-corrected chi connectivity index (χ3v) is 3.74. The van der Waals surface area contributed by atoms with Crippen LogP contribution < -0.4 is 0 Å². The first-order valence-electron chi connectivity index (χ1n) is 6.70. The number of esters is 1. The molecule has 0 radical (unpaired) electrons. The molecule has 17 heavy (non-hydrogen) atoms. The minimum atomic E-state index is -1.86. The van der Waals surface area contributed by atoms with Crippen molar-refractivity contribution in [3.8, 4) is 0 Å². The van der Waals surface area contributed by atoms with Crippen molar-refractivity contribution in [2.45, 2.75) is 72.6 Å². The van der Waals surface area contributed by atoms with Gasteiger partial charge in [0.25, 0.3) is 0 Å². The van der Waals surface area contributed by atoms with E-state index in [2.05, 4.69) is 13.8 Å². The van der Waals surface area contributed by atoms with Crippen LogP contribution in [0.15, 0.2) is 0 Å². The molecule has 3 atom stereocenters. The Morgan fingerprint density at radius 3 is 1.88 bits per heavy atom. The molecule has 0 aromatic rings. The smallest absolute Gasteiger partial charge is 0.343 e. The number of hydrogen-bond donors (Lipinski definition) is 0. The molecule has 0 aliphatic carbocycles. The second-order valence-corrected chi connectivity index (χ2v) is 5.19. The molecule has 0 aromatic carbocycles. The molecular formula is C14H27FO2. The number of rotatable bonds is 7. The van der Waals surface area contributed by atoms with E-state index in [9.17, 15) is 9.18 Å². The van der Waals surface area contributed by atoms with Crippen LogP contribution in [0.2, 0.25) is 0 Å². The van der Waals surface area contributed by atoms with Gasteiger partial charge in [0.15, 0.2) is 0 Å². The van der Waals surface area contributed by atoms with Crippen LogP contribution in [0.1, 0.15) is 60.8 Å². The maximum absolute atomic E-state index is 13.8. The highest BCUT2D eigenvalue weighted by Gasteiger charge is 2.36. The Morgan fingerprint density at radius 2 is 1.59 bits per heavy atom. The van der Waals surface area contributed by atoms with Gasteiger partial charge in [0.1, 0.15) is 6.10 Å². The van der Waals surface area contributed by atoms with Gasteiger partial charge in [-0.3, -0.25) is 0 Å². The summed E-state index contributed by atoms with van der Waals surface area (Å²) < 4.78 is 19.2. The second kappa shape index (κ2) is 6.97. The fourth-order valence-electron chi connectivity index (χ4n) is 1.65. The fourth-order valence-corrected chi connectivity index (χ4v) is 1.65. The van der Waals surface area contributed by atoms with E-state index in [1.54, 1.807) is 6.92 Å². The van der Waals surface area contributed by atoms with E-state index >= 15 is 0 Å². The molecule has 0 N–H and O–H groups in total. The van der Waals surface area contributed by atoms with Gasteiger partial charge in [-0.25, -0.2) is 9.18 Å². The Morgan fingerprint density at radius 1 is 1.18 bits per heavy atom. The maximum Gasteiger partial charge on any atom is 0.343 e. The summed E-state index contributed by atoms with van der Waals surface area (Å²) >= 11 is 0. The number of halogens is 1. The Kier molecular flexibility index (Phi) is 6.73. The highest BCUT2D eigenvalue weighted by Crippen LogP contribution is 2.26. The van der Waals surface area contributed by atoms with Crippen molar-refractivity contribution in [3.05, 3.63) is 0 Å². The predicted molar refractivity (Wildman–Crippen MR) is 68.6 cm³/mol. The van der Waals surface area contributed by atoms with Crippen molar-refractivity contribution in [1.29, 1.82) is 0 Å². The van der Waals surface area contributed by atoms with Gasteiger partial charge in [-0.1, -0.05) is 47.5 Å². The molecule has 0 aliphatic rings. The number of hydrogen-bond acceptors (Lipinski definition) is 2. The number of carbonyl (C=O) groups is 1. The van der Waals surface area contributed by atoms with Gasteiger partial charge in [0.2, 0.25) is 5.67 Å². The lowest BCUT2D eigenvalue weighted by Crippen LogP contribution is -2.39. The monoisotopic (exact) mass is 246 g/mol. The van der Waals surface area contributed by atoms with Gasteiger partial charge in [-0.05, 0) is 25.2 Å². The lowest BCUT2D eigenvalue weighted by molar-refractivity contribution is -0.168. The van der Waals surface area contributed by atoms with E-state index < -0.39 is 11.6 Å². The molecule has 0 saturated heterocycles. The molecule has 0 spiro atoms. The van der Waals surface area contributed by atoms with Crippen molar-refractivity contribution in [2.75, 3.05) is 0 Å². The fraction of sp³-hybridized carbons (Fsp3) is 0.929. The zero-order valence-corrected chi connectivity index (χ0v) is 12.0. The minimum Gasteiger partial charge on any atom is -0.459 e. The van der Waals surface area contributed by atoms with Gasteiger partial charge in [0.05, 0.1) is 0 Å². The summed E-state index contributed by atoms with van der Waals surface area (Å²) in [7, 11) is 0. The second-order valence-electron chi connectivity index (χ2n) is 5.19. The van der Waals surface area contributed by atoms with E-state index in [-0.39, 0.29) is 24.4 Å². The lowest BCUT2D eigenvalue weighted by Gasteiger charge is -2.30. The molecule has 0 aliphatic heterocycles. The normalized spacial score (nSPS) is 20.2. The highest BCUT2D eigenvalue weighted by atomic mass is 19.1. The van der Waals surface area contributed by atoms with Crippen LogP contribution in [0.5, 0.6) is 0 Å². The number of alkyl halides is 1. The molecule has 102 valence electrons. The number of carbonyl (C=O) groups excluding carboxylic acids is 1. The molecule has 0 saturated carbocycles. The van der Waals surface area contributed by atoms with Crippen LogP contribution in [0.3, 0.4) is 0 Å². The largest absolute Gasteiger partial charge is 0.459 e. The summed E-state index contributed by atoms with van der Waals surface area (Å²) in [5.74, 6) is -0.186. The summed E-state index contributed by atoms with van der Waals surface area (Å²) in [4.78, 5) is 11.7. The van der Waals surface area contributed by atoms with Crippen LogP contribution in [0.4, 0.5) is 4.39 Å². The molecule has 2 nitrogen and oxygen atoms in total. The zero-order valence-electron chi connectivity index (χ0n) is 12.0. The predicted octanol–water partition coefficient (Wildman–Crippen LogP) is 4.13. The summed E-state index contributed by atoms with van der Waals surface area (Å²) in [6.07, 6.45) is 1.83. The molecule has 0 bridgehead atoms. The van der Waals surface area contributed by atoms with Gasteiger partial charge in [-0.15, -0.1) is 0 Å². The lowest BCUT2D eigenvalue weighted by atomic mass is 9.89. The van der Waals surface area contributed by atoms with Gasteiger partial charge < -0.3 is 4.74 Å². The first kappa shape index (κ1) is 16.4. The Hall–Kier alpha value is -0.600. The topological polar surface area (TPSA) is 26.3 Å². The third kappa shape index (κ3) is 4.64. The Labute approximate surface area is 105 Å². The average molecular weight is 246 g/mol. The van der Waals surface area contributed by atoms with Crippen LogP contribution in [-0.2, 0) is 9.53 Å². The summed E-state index contributed by atoms with van der Waals surface area (Å²) in [6.45, 7) is 11.2.